The third kappa shape index (κ3) is 3.83. The molecule has 0 radical (unpaired) electrons. The van der Waals surface area contributed by atoms with Gasteiger partial charge < -0.3 is 11.1 Å². The number of pyridine rings is 2. The molecule has 0 saturated heterocycles. The zero-order valence-corrected chi connectivity index (χ0v) is 15.1. The quantitative estimate of drug-likeness (QED) is 0.726. The minimum Gasteiger partial charge on any atom is -0.364 e. The second-order valence-corrected chi connectivity index (χ2v) is 7.03. The van der Waals surface area contributed by atoms with Gasteiger partial charge in [0.05, 0.1) is 15.6 Å². The number of hydrogen-bond donors (Lipinski definition) is 2. The summed E-state index contributed by atoms with van der Waals surface area (Å²) < 4.78 is 0. The third-order valence-corrected chi connectivity index (χ3v) is 4.90. The molecule has 0 aromatic carbocycles. The summed E-state index contributed by atoms with van der Waals surface area (Å²) in [5.74, 6) is 1.03. The van der Waals surface area contributed by atoms with Crippen LogP contribution in [-0.4, -0.2) is 20.9 Å². The van der Waals surface area contributed by atoms with E-state index in [4.69, 9.17) is 5.73 Å². The number of aryl methyl sites for hydroxylation is 1. The van der Waals surface area contributed by atoms with Gasteiger partial charge in [-0.2, -0.15) is 0 Å². The van der Waals surface area contributed by atoms with Gasteiger partial charge in [0, 0.05) is 12.1 Å². The third-order valence-electron chi connectivity index (χ3n) is 3.52. The summed E-state index contributed by atoms with van der Waals surface area (Å²) in [5, 5.41) is 4.04. The molecule has 0 aliphatic rings. The van der Waals surface area contributed by atoms with E-state index in [2.05, 4.69) is 20.3 Å². The van der Waals surface area contributed by atoms with Crippen LogP contribution in [-0.2, 0) is 0 Å². The van der Waals surface area contributed by atoms with Crippen molar-refractivity contribution in [2.45, 2.75) is 26.7 Å². The fraction of sp³-hybridized carbons (Fsp3) is 0.222. The Morgan fingerprint density at radius 1 is 1.20 bits per heavy atom. The van der Waals surface area contributed by atoms with Gasteiger partial charge in [0.25, 0.3) is 5.91 Å². The molecule has 0 atom stereocenters. The zero-order chi connectivity index (χ0) is 18.0. The van der Waals surface area contributed by atoms with Gasteiger partial charge in [0.15, 0.2) is 0 Å². The number of nitrogens with two attached hydrogens (primary N) is 1. The number of rotatable bonds is 5. The molecule has 1 amide bonds. The fourth-order valence-electron chi connectivity index (χ4n) is 2.29. The maximum atomic E-state index is 11.8. The van der Waals surface area contributed by atoms with Gasteiger partial charge in [-0.25, -0.2) is 15.0 Å². The number of thiazole rings is 1. The van der Waals surface area contributed by atoms with Gasteiger partial charge in [0.1, 0.15) is 17.3 Å². The molecule has 0 saturated carbocycles. The summed E-state index contributed by atoms with van der Waals surface area (Å²) in [6, 6.07) is 9.44. The van der Waals surface area contributed by atoms with Crippen molar-refractivity contribution in [2.24, 2.45) is 5.73 Å². The number of nitrogens with zero attached hydrogens (tertiary/aromatic N) is 3. The van der Waals surface area contributed by atoms with Crippen molar-refractivity contribution in [3.63, 3.8) is 0 Å². The smallest absolute Gasteiger partial charge is 0.268 e. The Kier molecular flexibility index (Phi) is 4.76. The minimum atomic E-state index is -0.543. The molecule has 7 heteroatoms. The van der Waals surface area contributed by atoms with Crippen molar-refractivity contribution in [3.8, 4) is 10.6 Å². The van der Waals surface area contributed by atoms with Crippen molar-refractivity contribution < 1.29 is 4.79 Å². The zero-order valence-electron chi connectivity index (χ0n) is 14.3. The summed E-state index contributed by atoms with van der Waals surface area (Å²) in [4.78, 5) is 25.7. The van der Waals surface area contributed by atoms with Crippen LogP contribution in [0.3, 0.4) is 0 Å². The van der Waals surface area contributed by atoms with Crippen LogP contribution in [0, 0.1) is 6.92 Å². The van der Waals surface area contributed by atoms with Gasteiger partial charge in [-0.3, -0.25) is 4.79 Å². The van der Waals surface area contributed by atoms with E-state index >= 15 is 0 Å². The Morgan fingerprint density at radius 3 is 2.68 bits per heavy atom. The van der Waals surface area contributed by atoms with E-state index in [0.29, 0.717) is 22.2 Å². The molecule has 3 aromatic rings. The monoisotopic (exact) mass is 353 g/mol. The number of hydrogen-bond acceptors (Lipinski definition) is 6. The standard InChI is InChI=1S/C18H19N5OS/c1-10(2)18-23-15(17(19)24)16(25-18)12-5-4-6-13(21-12)22-14-9-11(3)7-8-20-14/h4-10H,1-3H3,(H2,19,24)(H,20,21,22). The van der Waals surface area contributed by atoms with Crippen LogP contribution in [0.4, 0.5) is 11.6 Å². The SMILES string of the molecule is Cc1ccnc(Nc2cccc(-c3sc(C(C)C)nc3C(N)=O)n2)c1. The highest BCUT2D eigenvalue weighted by molar-refractivity contribution is 7.15. The van der Waals surface area contributed by atoms with Crippen LogP contribution in [0.15, 0.2) is 36.5 Å². The Morgan fingerprint density at radius 2 is 2.00 bits per heavy atom. The molecular formula is C18H19N5OS. The molecule has 3 heterocycles. The number of primary amides is 1. The lowest BCUT2D eigenvalue weighted by Gasteiger charge is -2.07. The van der Waals surface area contributed by atoms with Crippen LogP contribution in [0.5, 0.6) is 0 Å². The van der Waals surface area contributed by atoms with Crippen molar-refractivity contribution in [1.82, 2.24) is 15.0 Å². The average molecular weight is 353 g/mol. The molecular weight excluding hydrogens is 334 g/mol. The number of carbonyl (C=O) groups excluding carboxylic acids is 1. The van der Waals surface area contributed by atoms with Crippen molar-refractivity contribution in [2.75, 3.05) is 5.32 Å². The first kappa shape index (κ1) is 17.0. The Labute approximate surface area is 150 Å². The largest absolute Gasteiger partial charge is 0.364 e. The summed E-state index contributed by atoms with van der Waals surface area (Å²) in [5.41, 5.74) is 7.53. The first-order valence-corrected chi connectivity index (χ1v) is 8.73. The predicted octanol–water partition coefficient (Wildman–Crippen LogP) is 3.87. The highest BCUT2D eigenvalue weighted by Crippen LogP contribution is 2.33. The molecule has 0 fully saturated rings. The van der Waals surface area contributed by atoms with Gasteiger partial charge in [-0.1, -0.05) is 19.9 Å². The van der Waals surface area contributed by atoms with Gasteiger partial charge in [-0.15, -0.1) is 11.3 Å². The molecule has 0 spiro atoms. The van der Waals surface area contributed by atoms with E-state index in [-0.39, 0.29) is 11.6 Å². The molecule has 6 nitrogen and oxygen atoms in total. The predicted molar refractivity (Wildman–Crippen MR) is 100 cm³/mol. The van der Waals surface area contributed by atoms with Crippen LogP contribution >= 0.6 is 11.3 Å². The molecule has 128 valence electrons. The van der Waals surface area contributed by atoms with Crippen molar-refractivity contribution in [3.05, 3.63) is 52.8 Å². The van der Waals surface area contributed by atoms with Crippen LogP contribution < -0.4 is 11.1 Å². The van der Waals surface area contributed by atoms with Crippen LogP contribution in [0.25, 0.3) is 10.6 Å². The average Bonchev–Trinajstić information content (AvgIpc) is 3.01. The number of anilines is 2. The molecule has 3 aromatic heterocycles. The highest BCUT2D eigenvalue weighted by atomic mass is 32.1. The lowest BCUT2D eigenvalue weighted by Crippen LogP contribution is -2.13. The maximum absolute atomic E-state index is 11.8. The molecule has 25 heavy (non-hydrogen) atoms. The topological polar surface area (TPSA) is 93.8 Å². The highest BCUT2D eigenvalue weighted by Gasteiger charge is 2.20. The molecule has 3 N–H and O–H groups in total. The minimum absolute atomic E-state index is 0.217. The molecule has 0 aliphatic heterocycles. The van der Waals surface area contributed by atoms with Crippen LogP contribution in [0.2, 0.25) is 0 Å². The van der Waals surface area contributed by atoms with Gasteiger partial charge in [0.2, 0.25) is 0 Å². The molecule has 0 bridgehead atoms. The number of amides is 1. The molecule has 0 aliphatic carbocycles. The lowest BCUT2D eigenvalue weighted by atomic mass is 10.2. The molecule has 3 rings (SSSR count). The summed E-state index contributed by atoms with van der Waals surface area (Å²) >= 11 is 1.45. The number of aromatic nitrogens is 3. The van der Waals surface area contributed by atoms with Crippen molar-refractivity contribution >= 4 is 28.9 Å². The second kappa shape index (κ2) is 6.98. The van der Waals surface area contributed by atoms with Crippen molar-refractivity contribution in [1.29, 1.82) is 0 Å². The second-order valence-electron chi connectivity index (χ2n) is 6.00. The summed E-state index contributed by atoms with van der Waals surface area (Å²) in [7, 11) is 0. The fourth-order valence-corrected chi connectivity index (χ4v) is 3.33. The Balaban J connectivity index is 1.98. The number of nitrogens with one attached hydrogen (secondary N) is 1. The summed E-state index contributed by atoms with van der Waals surface area (Å²) in [6.07, 6.45) is 1.74. The van der Waals surface area contributed by atoms with E-state index in [0.717, 1.165) is 10.6 Å². The lowest BCUT2D eigenvalue weighted by molar-refractivity contribution is 0.0996. The molecule has 0 unspecified atom stereocenters. The van der Waals surface area contributed by atoms with E-state index in [9.17, 15) is 4.79 Å². The Bertz CT molecular complexity index is 919. The maximum Gasteiger partial charge on any atom is 0.268 e. The first-order chi connectivity index (χ1) is 11.9. The Hall–Kier alpha value is -2.80. The van der Waals surface area contributed by atoms with Gasteiger partial charge in [-0.05, 0) is 36.8 Å². The van der Waals surface area contributed by atoms with E-state index in [1.165, 1.54) is 11.3 Å². The summed E-state index contributed by atoms with van der Waals surface area (Å²) in [6.45, 7) is 6.06. The number of carbonyl (C=O) groups is 1. The normalized spacial score (nSPS) is 10.9. The van der Waals surface area contributed by atoms with E-state index < -0.39 is 5.91 Å². The van der Waals surface area contributed by atoms with E-state index in [1.54, 1.807) is 6.20 Å². The first-order valence-electron chi connectivity index (χ1n) is 7.91. The van der Waals surface area contributed by atoms with Gasteiger partial charge >= 0.3 is 0 Å². The van der Waals surface area contributed by atoms with Crippen LogP contribution in [0.1, 0.15) is 40.8 Å². The van der Waals surface area contributed by atoms with E-state index in [1.807, 2.05) is 51.1 Å².